The zero-order valence-electron chi connectivity index (χ0n) is 21.9. The first kappa shape index (κ1) is 27.3. The van der Waals surface area contributed by atoms with E-state index in [4.69, 9.17) is 13.4 Å². The van der Waals surface area contributed by atoms with E-state index in [1.54, 1.807) is 0 Å². The third-order valence-electron chi connectivity index (χ3n) is 6.77. The molecule has 204 valence electrons. The number of carbonyl (C=O) groups excluding carboxylic acids is 1. The number of methoxy groups -OCH3 is 1. The molecule has 1 unspecified atom stereocenters. The van der Waals surface area contributed by atoms with Crippen LogP contribution < -0.4 is 9.80 Å². The van der Waals surface area contributed by atoms with Gasteiger partial charge in [-0.25, -0.2) is 9.97 Å². The molecule has 1 atom stereocenters. The van der Waals surface area contributed by atoms with E-state index in [0.717, 1.165) is 50.4 Å². The van der Waals surface area contributed by atoms with Crippen LogP contribution in [0.25, 0.3) is 0 Å². The molecule has 0 spiro atoms. The Labute approximate surface area is 218 Å². The van der Waals surface area contributed by atoms with Gasteiger partial charge in [-0.2, -0.15) is 8.42 Å². The van der Waals surface area contributed by atoms with E-state index in [0.29, 0.717) is 37.6 Å². The summed E-state index contributed by atoms with van der Waals surface area (Å²) in [5, 5.41) is 4.21. The van der Waals surface area contributed by atoms with Gasteiger partial charge in [0.25, 0.3) is 10.1 Å². The van der Waals surface area contributed by atoms with E-state index in [-0.39, 0.29) is 18.0 Å². The predicted molar refractivity (Wildman–Crippen MR) is 137 cm³/mol. The fourth-order valence-electron chi connectivity index (χ4n) is 4.80. The van der Waals surface area contributed by atoms with Gasteiger partial charge in [0.2, 0.25) is 5.95 Å². The maximum absolute atomic E-state index is 12.2. The van der Waals surface area contributed by atoms with Crippen molar-refractivity contribution >= 4 is 27.9 Å². The molecule has 2 saturated heterocycles. The molecule has 2 aromatic rings. The Balaban J connectivity index is 1.25. The van der Waals surface area contributed by atoms with Crippen LogP contribution in [-0.2, 0) is 30.4 Å². The lowest BCUT2D eigenvalue weighted by atomic mass is 9.93. The van der Waals surface area contributed by atoms with Crippen LogP contribution in [0, 0.1) is 5.92 Å². The maximum atomic E-state index is 12.2. The van der Waals surface area contributed by atoms with E-state index in [1.807, 2.05) is 32.3 Å². The van der Waals surface area contributed by atoms with Gasteiger partial charge in [-0.15, -0.1) is 0 Å². The minimum Gasteiger partial charge on any atom is -0.468 e. The zero-order valence-corrected chi connectivity index (χ0v) is 22.7. The zero-order chi connectivity index (χ0) is 26.6. The summed E-state index contributed by atoms with van der Waals surface area (Å²) in [5.74, 6) is 1.18. The molecule has 0 radical (unpaired) electrons. The molecule has 12 nitrogen and oxygen atoms in total. The topological polar surface area (TPSA) is 131 Å². The largest absolute Gasteiger partial charge is 0.468 e. The first-order valence-corrected chi connectivity index (χ1v) is 14.4. The molecule has 37 heavy (non-hydrogen) atoms. The van der Waals surface area contributed by atoms with Crippen molar-refractivity contribution in [1.29, 1.82) is 0 Å². The van der Waals surface area contributed by atoms with Crippen molar-refractivity contribution in [3.05, 3.63) is 29.8 Å². The van der Waals surface area contributed by atoms with Gasteiger partial charge >= 0.3 is 5.97 Å². The number of aromatic nitrogens is 3. The van der Waals surface area contributed by atoms with Gasteiger partial charge in [-0.05, 0) is 18.8 Å². The number of anilines is 2. The molecule has 0 aliphatic carbocycles. The molecule has 4 rings (SSSR count). The van der Waals surface area contributed by atoms with Crippen molar-refractivity contribution in [1.82, 2.24) is 20.0 Å². The second-order valence-electron chi connectivity index (χ2n) is 9.97. The van der Waals surface area contributed by atoms with Crippen LogP contribution in [0.1, 0.15) is 43.9 Å². The molecule has 13 heteroatoms. The van der Waals surface area contributed by atoms with E-state index >= 15 is 0 Å². The molecule has 0 bridgehead atoms. The Morgan fingerprint density at radius 2 is 1.73 bits per heavy atom. The summed E-state index contributed by atoms with van der Waals surface area (Å²) >= 11 is 0. The highest BCUT2D eigenvalue weighted by molar-refractivity contribution is 7.86. The minimum absolute atomic E-state index is 0.0411. The predicted octanol–water partition coefficient (Wildman–Crippen LogP) is 1.64. The van der Waals surface area contributed by atoms with Gasteiger partial charge in [0.05, 0.1) is 19.5 Å². The molecule has 0 N–H and O–H groups in total. The fourth-order valence-corrected chi connectivity index (χ4v) is 5.49. The molecule has 0 saturated carbocycles. The number of rotatable bonds is 9. The SMILES string of the molecule is COC(=O)C(c1cc(N2CCN(Cc3cnc(N4CCC(OS(C)(=O)=O)CC4)nc3)CC2)no1)C(C)C. The van der Waals surface area contributed by atoms with E-state index in [1.165, 1.54) is 7.11 Å². The van der Waals surface area contributed by atoms with Crippen LogP contribution >= 0.6 is 0 Å². The quantitative estimate of drug-likeness (QED) is 0.341. The highest BCUT2D eigenvalue weighted by atomic mass is 32.2. The van der Waals surface area contributed by atoms with Crippen LogP contribution in [0.2, 0.25) is 0 Å². The minimum atomic E-state index is -3.44. The normalized spacial score (nSPS) is 18.8. The number of piperidine rings is 1. The first-order valence-electron chi connectivity index (χ1n) is 12.6. The van der Waals surface area contributed by atoms with Crippen LogP contribution in [0.3, 0.4) is 0 Å². The highest BCUT2D eigenvalue weighted by Gasteiger charge is 2.31. The van der Waals surface area contributed by atoms with E-state index < -0.39 is 16.0 Å². The first-order chi connectivity index (χ1) is 17.6. The van der Waals surface area contributed by atoms with Crippen molar-refractivity contribution < 1.29 is 26.7 Å². The second kappa shape index (κ2) is 11.7. The average Bonchev–Trinajstić information content (AvgIpc) is 3.34. The fraction of sp³-hybridized carbons (Fsp3) is 0.667. The van der Waals surface area contributed by atoms with Crippen LogP contribution in [0.15, 0.2) is 23.0 Å². The van der Waals surface area contributed by atoms with Gasteiger partial charge < -0.3 is 19.1 Å². The molecule has 2 aliphatic heterocycles. The molecule has 0 amide bonds. The summed E-state index contributed by atoms with van der Waals surface area (Å²) < 4.78 is 38.2. The number of hydrogen-bond donors (Lipinski definition) is 0. The lowest BCUT2D eigenvalue weighted by Crippen LogP contribution is -2.46. The molecular weight excluding hydrogens is 500 g/mol. The Bertz CT molecular complexity index is 1140. The van der Waals surface area contributed by atoms with Crippen LogP contribution in [0.5, 0.6) is 0 Å². The van der Waals surface area contributed by atoms with Gasteiger partial charge in [0.1, 0.15) is 5.92 Å². The maximum Gasteiger partial charge on any atom is 0.316 e. The summed E-state index contributed by atoms with van der Waals surface area (Å²) in [6.45, 7) is 9.26. The Kier molecular flexibility index (Phi) is 8.65. The summed E-state index contributed by atoms with van der Waals surface area (Å²) in [6, 6.07) is 1.85. The summed E-state index contributed by atoms with van der Waals surface area (Å²) in [5.41, 5.74) is 1.04. The molecular formula is C24H36N6O6S. The van der Waals surface area contributed by atoms with Crippen molar-refractivity contribution in [2.75, 3.05) is 62.4 Å². The molecule has 0 aromatic carbocycles. The smallest absolute Gasteiger partial charge is 0.316 e. The number of hydrogen-bond acceptors (Lipinski definition) is 12. The second-order valence-corrected chi connectivity index (χ2v) is 11.6. The van der Waals surface area contributed by atoms with Crippen molar-refractivity contribution in [3.8, 4) is 0 Å². The molecule has 2 aliphatic rings. The van der Waals surface area contributed by atoms with Crippen molar-refractivity contribution in [2.45, 2.75) is 45.3 Å². The Hall–Kier alpha value is -2.77. The number of piperazine rings is 1. The highest BCUT2D eigenvalue weighted by Crippen LogP contribution is 2.29. The van der Waals surface area contributed by atoms with E-state index in [9.17, 15) is 13.2 Å². The summed E-state index contributed by atoms with van der Waals surface area (Å²) in [6.07, 6.45) is 5.76. The van der Waals surface area contributed by atoms with E-state index in [2.05, 4.69) is 29.8 Å². The number of esters is 1. The summed E-state index contributed by atoms with van der Waals surface area (Å²) in [7, 11) is -2.05. The van der Waals surface area contributed by atoms with Gasteiger partial charge in [-0.1, -0.05) is 19.0 Å². The molecule has 4 heterocycles. The van der Waals surface area contributed by atoms with Crippen molar-refractivity contribution in [3.63, 3.8) is 0 Å². The molecule has 2 aromatic heterocycles. The number of carbonyl (C=O) groups is 1. The lowest BCUT2D eigenvalue weighted by molar-refractivity contribution is -0.144. The third-order valence-corrected chi connectivity index (χ3v) is 7.40. The molecule has 2 fully saturated rings. The van der Waals surface area contributed by atoms with Gasteiger partial charge in [0, 0.05) is 69.8 Å². The van der Waals surface area contributed by atoms with Crippen LogP contribution in [-0.4, -0.2) is 93.1 Å². The number of nitrogens with zero attached hydrogens (tertiary/aromatic N) is 6. The third kappa shape index (κ3) is 7.17. The average molecular weight is 537 g/mol. The summed E-state index contributed by atoms with van der Waals surface area (Å²) in [4.78, 5) is 27.8. The Morgan fingerprint density at radius 1 is 1.08 bits per heavy atom. The number of ether oxygens (including phenoxy) is 1. The van der Waals surface area contributed by atoms with Crippen LogP contribution in [0.4, 0.5) is 11.8 Å². The standard InChI is InChI=1S/C24H36N6O6S/c1-17(2)22(23(31)34-3)20-13-21(27-35-20)29-11-9-28(10-12-29)16-18-14-25-24(26-15-18)30-7-5-19(6-8-30)36-37(4,32)33/h13-15,17,19,22H,5-12,16H2,1-4H3. The van der Waals surface area contributed by atoms with Gasteiger partial charge in [-0.3, -0.25) is 13.9 Å². The lowest BCUT2D eigenvalue weighted by Gasteiger charge is -2.34. The monoisotopic (exact) mass is 536 g/mol. The Morgan fingerprint density at radius 3 is 2.30 bits per heavy atom. The van der Waals surface area contributed by atoms with Gasteiger partial charge in [0.15, 0.2) is 11.6 Å². The van der Waals surface area contributed by atoms with Crippen molar-refractivity contribution in [2.24, 2.45) is 5.92 Å².